The predicted octanol–water partition coefficient (Wildman–Crippen LogP) is 2.52. The molecule has 3 amide bonds. The van der Waals surface area contributed by atoms with Gasteiger partial charge < -0.3 is 29.7 Å². The first-order valence-electron chi connectivity index (χ1n) is 13.8. The Kier molecular flexibility index (Phi) is 9.55. The zero-order valence-corrected chi connectivity index (χ0v) is 23.0. The molecule has 1 aliphatic heterocycles. The number of nitrogens with one attached hydrogen (secondary N) is 2. The zero-order chi connectivity index (χ0) is 28.1. The maximum absolute atomic E-state index is 14.0. The highest BCUT2D eigenvalue weighted by atomic mass is 19.2. The van der Waals surface area contributed by atoms with Gasteiger partial charge in [-0.3, -0.25) is 14.4 Å². The van der Waals surface area contributed by atoms with E-state index in [-0.39, 0.29) is 23.6 Å². The van der Waals surface area contributed by atoms with Crippen LogP contribution in [0.5, 0.6) is 0 Å². The molecule has 2 aromatic rings. The molecule has 39 heavy (non-hydrogen) atoms. The molecule has 1 saturated heterocycles. The van der Waals surface area contributed by atoms with Gasteiger partial charge in [0.15, 0.2) is 11.6 Å². The summed E-state index contributed by atoms with van der Waals surface area (Å²) in [6.45, 7) is 3.68. The number of likely N-dealkylation sites (N-methyl/N-ethyl adjacent to an activating group) is 1. The van der Waals surface area contributed by atoms with E-state index in [1.807, 2.05) is 0 Å². The fourth-order valence-corrected chi connectivity index (χ4v) is 5.60. The van der Waals surface area contributed by atoms with E-state index in [4.69, 9.17) is 4.74 Å². The van der Waals surface area contributed by atoms with Gasteiger partial charge in [-0.15, -0.1) is 0 Å². The number of benzene rings is 1. The first kappa shape index (κ1) is 28.9. The minimum Gasteiger partial charge on any atom is -0.383 e. The SMILES string of the molecule is CN[C@@H](C)C(=O)N[C@H](C(=O)N1CCN(C(=O)c2cc3cc(F)c(F)cc3n2CCOC)CC1)C1CCCCC1. The molecule has 1 aromatic carbocycles. The van der Waals surface area contributed by atoms with E-state index in [0.29, 0.717) is 55.9 Å². The average molecular weight is 548 g/mol. The van der Waals surface area contributed by atoms with Crippen molar-refractivity contribution < 1.29 is 27.9 Å². The molecule has 11 heteroatoms. The molecular weight excluding hydrogens is 508 g/mol. The molecule has 2 fully saturated rings. The van der Waals surface area contributed by atoms with Crippen molar-refractivity contribution >= 4 is 28.6 Å². The molecule has 0 bridgehead atoms. The third-order valence-electron chi connectivity index (χ3n) is 8.07. The second-order valence-corrected chi connectivity index (χ2v) is 10.5. The van der Waals surface area contributed by atoms with E-state index in [2.05, 4.69) is 10.6 Å². The monoisotopic (exact) mass is 547 g/mol. The van der Waals surface area contributed by atoms with Crippen molar-refractivity contribution in [3.05, 3.63) is 35.5 Å². The van der Waals surface area contributed by atoms with E-state index in [9.17, 15) is 23.2 Å². The van der Waals surface area contributed by atoms with E-state index in [0.717, 1.165) is 44.2 Å². The van der Waals surface area contributed by atoms with E-state index in [1.165, 1.54) is 7.11 Å². The number of nitrogens with zero attached hydrogens (tertiary/aromatic N) is 3. The molecule has 2 heterocycles. The van der Waals surface area contributed by atoms with Gasteiger partial charge in [0.1, 0.15) is 11.7 Å². The van der Waals surface area contributed by atoms with Crippen molar-refractivity contribution in [1.29, 1.82) is 0 Å². The van der Waals surface area contributed by atoms with Crippen molar-refractivity contribution in [1.82, 2.24) is 25.0 Å². The molecule has 2 aliphatic rings. The van der Waals surface area contributed by atoms with Crippen LogP contribution in [0.4, 0.5) is 8.78 Å². The molecule has 1 saturated carbocycles. The quantitative estimate of drug-likeness (QED) is 0.503. The highest BCUT2D eigenvalue weighted by molar-refractivity contribution is 5.99. The van der Waals surface area contributed by atoms with Crippen LogP contribution in [0.1, 0.15) is 49.5 Å². The summed E-state index contributed by atoms with van der Waals surface area (Å²) in [4.78, 5) is 43.3. The largest absolute Gasteiger partial charge is 0.383 e. The Bertz CT molecular complexity index is 1190. The molecular formula is C28H39F2N5O4. The highest BCUT2D eigenvalue weighted by Gasteiger charge is 2.36. The molecule has 1 aromatic heterocycles. The summed E-state index contributed by atoms with van der Waals surface area (Å²) in [7, 11) is 3.24. The normalized spacial score (nSPS) is 18.3. The van der Waals surface area contributed by atoms with Gasteiger partial charge in [0.2, 0.25) is 11.8 Å². The highest BCUT2D eigenvalue weighted by Crippen LogP contribution is 2.28. The van der Waals surface area contributed by atoms with E-state index < -0.39 is 23.7 Å². The summed E-state index contributed by atoms with van der Waals surface area (Å²) in [6.07, 6.45) is 5.02. The summed E-state index contributed by atoms with van der Waals surface area (Å²) in [5.74, 6) is -2.43. The number of hydrogen-bond acceptors (Lipinski definition) is 5. The number of hydrogen-bond donors (Lipinski definition) is 2. The average Bonchev–Trinajstić information content (AvgIpc) is 3.30. The first-order chi connectivity index (χ1) is 18.7. The lowest BCUT2D eigenvalue weighted by Gasteiger charge is -2.39. The smallest absolute Gasteiger partial charge is 0.270 e. The fourth-order valence-electron chi connectivity index (χ4n) is 5.60. The van der Waals surface area contributed by atoms with Crippen molar-refractivity contribution in [2.75, 3.05) is 46.9 Å². The fraction of sp³-hybridized carbons (Fsp3) is 0.607. The maximum atomic E-state index is 14.0. The number of methoxy groups -OCH3 is 1. The van der Waals surface area contributed by atoms with Crippen LogP contribution >= 0.6 is 0 Å². The van der Waals surface area contributed by atoms with Crippen LogP contribution in [0.2, 0.25) is 0 Å². The zero-order valence-electron chi connectivity index (χ0n) is 23.0. The molecule has 9 nitrogen and oxygen atoms in total. The van der Waals surface area contributed by atoms with Crippen LogP contribution in [-0.4, -0.2) is 91.1 Å². The Morgan fingerprint density at radius 1 is 1.00 bits per heavy atom. The molecule has 1 aliphatic carbocycles. The van der Waals surface area contributed by atoms with Gasteiger partial charge in [-0.1, -0.05) is 19.3 Å². The van der Waals surface area contributed by atoms with Crippen LogP contribution in [-0.2, 0) is 20.9 Å². The molecule has 214 valence electrons. The Hall–Kier alpha value is -3.05. The van der Waals surface area contributed by atoms with Gasteiger partial charge in [0.25, 0.3) is 5.91 Å². The van der Waals surface area contributed by atoms with Crippen LogP contribution in [0.3, 0.4) is 0 Å². The Balaban J connectivity index is 1.48. The number of carbonyl (C=O) groups is 3. The molecule has 4 rings (SSSR count). The van der Waals surface area contributed by atoms with Crippen LogP contribution in [0.25, 0.3) is 10.9 Å². The summed E-state index contributed by atoms with van der Waals surface area (Å²) in [5.41, 5.74) is 0.741. The Labute approximate surface area is 227 Å². The third kappa shape index (κ3) is 6.41. The van der Waals surface area contributed by atoms with Gasteiger partial charge in [-0.25, -0.2) is 8.78 Å². The number of ether oxygens (including phenoxy) is 1. The Morgan fingerprint density at radius 3 is 2.28 bits per heavy atom. The summed E-state index contributed by atoms with van der Waals surface area (Å²) < 4.78 is 34.7. The summed E-state index contributed by atoms with van der Waals surface area (Å²) in [5, 5.41) is 6.36. The summed E-state index contributed by atoms with van der Waals surface area (Å²) >= 11 is 0. The number of amides is 3. The van der Waals surface area contributed by atoms with Crippen molar-refractivity contribution in [2.45, 2.75) is 57.7 Å². The predicted molar refractivity (Wildman–Crippen MR) is 143 cm³/mol. The standard InChI is InChI=1S/C28H39F2N5O4/c1-18(31-2)26(36)32-25(19-7-5-4-6-8-19)28(38)34-11-9-33(10-12-34)27(37)24-16-20-15-21(29)22(30)17-23(20)35(24)13-14-39-3/h15-19,25,31H,4-14H2,1-3H3,(H,32,36)/t18-,25-/m0/s1. The third-order valence-corrected chi connectivity index (χ3v) is 8.07. The maximum Gasteiger partial charge on any atom is 0.270 e. The topological polar surface area (TPSA) is 95.9 Å². The number of fused-ring (bicyclic) bond motifs is 1. The number of carbonyl (C=O) groups excluding carboxylic acids is 3. The van der Waals surface area contributed by atoms with Crippen LogP contribution in [0, 0.1) is 17.6 Å². The van der Waals surface area contributed by atoms with Gasteiger partial charge in [0, 0.05) is 51.3 Å². The minimum atomic E-state index is -0.978. The van der Waals surface area contributed by atoms with Crippen molar-refractivity contribution in [3.8, 4) is 0 Å². The van der Waals surface area contributed by atoms with E-state index in [1.54, 1.807) is 34.4 Å². The summed E-state index contributed by atoms with van der Waals surface area (Å²) in [6, 6.07) is 2.77. The van der Waals surface area contributed by atoms with Crippen molar-refractivity contribution in [3.63, 3.8) is 0 Å². The number of piperazine rings is 1. The second-order valence-electron chi connectivity index (χ2n) is 10.5. The molecule has 0 unspecified atom stereocenters. The van der Waals surface area contributed by atoms with E-state index >= 15 is 0 Å². The number of halogens is 2. The first-order valence-corrected chi connectivity index (χ1v) is 13.8. The molecule has 0 spiro atoms. The second kappa shape index (κ2) is 12.9. The van der Waals surface area contributed by atoms with Crippen molar-refractivity contribution in [2.24, 2.45) is 5.92 Å². The van der Waals surface area contributed by atoms with Gasteiger partial charge in [-0.05, 0) is 44.9 Å². The van der Waals surface area contributed by atoms with Crippen LogP contribution in [0.15, 0.2) is 18.2 Å². The lowest BCUT2D eigenvalue weighted by Crippen LogP contribution is -2.59. The van der Waals surface area contributed by atoms with Gasteiger partial charge in [0.05, 0.1) is 18.2 Å². The number of rotatable bonds is 9. The lowest BCUT2D eigenvalue weighted by molar-refractivity contribution is -0.140. The molecule has 2 N–H and O–H groups in total. The molecule has 0 radical (unpaired) electrons. The van der Waals surface area contributed by atoms with Gasteiger partial charge >= 0.3 is 0 Å². The lowest BCUT2D eigenvalue weighted by atomic mass is 9.83. The minimum absolute atomic E-state index is 0.0937. The van der Waals surface area contributed by atoms with Gasteiger partial charge in [-0.2, -0.15) is 0 Å². The Morgan fingerprint density at radius 2 is 1.64 bits per heavy atom. The van der Waals surface area contributed by atoms with Crippen LogP contribution < -0.4 is 10.6 Å². The molecule has 2 atom stereocenters. The number of aromatic nitrogens is 1.